The Hall–Kier alpha value is -1.56. The Labute approximate surface area is 119 Å². The molecule has 112 valence electrons. The Balaban J connectivity index is 1.90. The van der Waals surface area contributed by atoms with Gasteiger partial charge in [0, 0.05) is 25.5 Å². The molecule has 1 aliphatic rings. The first-order valence-corrected chi connectivity index (χ1v) is 7.01. The smallest absolute Gasteiger partial charge is 0.407 e. The molecule has 0 radical (unpaired) electrons. The van der Waals surface area contributed by atoms with Crippen molar-refractivity contribution in [2.75, 3.05) is 13.2 Å². The van der Waals surface area contributed by atoms with Gasteiger partial charge in [0.05, 0.1) is 18.6 Å². The van der Waals surface area contributed by atoms with E-state index >= 15 is 0 Å². The highest BCUT2D eigenvalue weighted by atomic mass is 16.6. The molecule has 0 unspecified atom stereocenters. The molecular formula is C14H23N3O3. The van der Waals surface area contributed by atoms with E-state index in [9.17, 15) is 4.79 Å². The van der Waals surface area contributed by atoms with Crippen molar-refractivity contribution in [3.8, 4) is 0 Å². The minimum atomic E-state index is -0.481. The van der Waals surface area contributed by atoms with Crippen molar-refractivity contribution in [3.63, 3.8) is 0 Å². The van der Waals surface area contributed by atoms with E-state index < -0.39 is 11.7 Å². The van der Waals surface area contributed by atoms with Gasteiger partial charge >= 0.3 is 6.09 Å². The first kappa shape index (κ1) is 14.8. The van der Waals surface area contributed by atoms with Gasteiger partial charge in [0.2, 0.25) is 0 Å². The fraction of sp³-hybridized carbons (Fsp3) is 0.714. The first-order valence-electron chi connectivity index (χ1n) is 7.01. The van der Waals surface area contributed by atoms with Gasteiger partial charge in [0.25, 0.3) is 0 Å². The predicted molar refractivity (Wildman–Crippen MR) is 74.4 cm³/mol. The van der Waals surface area contributed by atoms with Crippen LogP contribution in [0.2, 0.25) is 0 Å². The summed E-state index contributed by atoms with van der Waals surface area (Å²) in [5, 5.41) is 2.77. The van der Waals surface area contributed by atoms with Crippen LogP contribution < -0.4 is 5.32 Å². The maximum atomic E-state index is 11.7. The molecule has 1 fully saturated rings. The molecule has 2 rings (SSSR count). The third-order valence-corrected chi connectivity index (χ3v) is 3.14. The number of hydrogen-bond donors (Lipinski definition) is 1. The summed E-state index contributed by atoms with van der Waals surface area (Å²) < 4.78 is 12.7. The number of amides is 1. The molecule has 0 bridgehead atoms. The molecule has 0 aliphatic carbocycles. The molecular weight excluding hydrogens is 258 g/mol. The van der Waals surface area contributed by atoms with Crippen LogP contribution in [-0.2, 0) is 16.0 Å². The van der Waals surface area contributed by atoms with Crippen LogP contribution >= 0.6 is 0 Å². The summed E-state index contributed by atoms with van der Waals surface area (Å²) in [7, 11) is 0. The zero-order valence-electron chi connectivity index (χ0n) is 12.4. The number of rotatable bonds is 3. The Morgan fingerprint density at radius 1 is 1.50 bits per heavy atom. The molecule has 2 heterocycles. The maximum absolute atomic E-state index is 11.7. The molecule has 0 spiro atoms. The van der Waals surface area contributed by atoms with Gasteiger partial charge in [-0.15, -0.1) is 0 Å². The van der Waals surface area contributed by atoms with E-state index in [2.05, 4.69) is 14.9 Å². The van der Waals surface area contributed by atoms with E-state index in [0.717, 1.165) is 31.7 Å². The molecule has 6 heteroatoms. The number of aromatic nitrogens is 2. The van der Waals surface area contributed by atoms with Crippen molar-refractivity contribution in [3.05, 3.63) is 18.2 Å². The summed E-state index contributed by atoms with van der Waals surface area (Å²) in [6.07, 6.45) is 5.16. The molecule has 0 saturated carbocycles. The summed E-state index contributed by atoms with van der Waals surface area (Å²) in [5.74, 6) is 0. The third-order valence-electron chi connectivity index (χ3n) is 3.14. The predicted octanol–water partition coefficient (Wildman–Crippen LogP) is 2.26. The largest absolute Gasteiger partial charge is 0.444 e. The van der Waals surface area contributed by atoms with Gasteiger partial charge in [-0.2, -0.15) is 0 Å². The fourth-order valence-electron chi connectivity index (χ4n) is 2.24. The zero-order valence-corrected chi connectivity index (χ0v) is 12.4. The number of ether oxygens (including phenoxy) is 2. The van der Waals surface area contributed by atoms with Gasteiger partial charge in [-0.1, -0.05) is 0 Å². The topological polar surface area (TPSA) is 65.4 Å². The lowest BCUT2D eigenvalue weighted by molar-refractivity contribution is 0.0517. The van der Waals surface area contributed by atoms with Crippen molar-refractivity contribution >= 4 is 6.09 Å². The van der Waals surface area contributed by atoms with Crippen LogP contribution in [0.5, 0.6) is 0 Å². The van der Waals surface area contributed by atoms with Crippen LogP contribution in [0.25, 0.3) is 0 Å². The van der Waals surface area contributed by atoms with Crippen LogP contribution in [0.1, 0.15) is 45.3 Å². The van der Waals surface area contributed by atoms with Crippen LogP contribution in [-0.4, -0.2) is 34.5 Å². The molecule has 1 aromatic heterocycles. The summed E-state index contributed by atoms with van der Waals surface area (Å²) in [6, 6.07) is 0.404. The number of nitrogens with zero attached hydrogens (tertiary/aromatic N) is 2. The minimum Gasteiger partial charge on any atom is -0.444 e. The second kappa shape index (κ2) is 6.26. The molecule has 1 amide bonds. The molecule has 6 nitrogen and oxygen atoms in total. The summed E-state index contributed by atoms with van der Waals surface area (Å²) in [5.41, 5.74) is 0.508. The molecule has 1 aliphatic heterocycles. The Morgan fingerprint density at radius 3 is 2.85 bits per heavy atom. The van der Waals surface area contributed by atoms with Gasteiger partial charge < -0.3 is 19.4 Å². The Bertz CT molecular complexity index is 445. The summed E-state index contributed by atoms with van der Waals surface area (Å²) >= 11 is 0. The molecule has 0 aromatic carbocycles. The Kier molecular flexibility index (Phi) is 4.65. The van der Waals surface area contributed by atoms with Crippen molar-refractivity contribution in [2.24, 2.45) is 0 Å². The van der Waals surface area contributed by atoms with Crippen molar-refractivity contribution in [2.45, 2.75) is 51.8 Å². The van der Waals surface area contributed by atoms with Gasteiger partial charge in [-0.25, -0.2) is 9.78 Å². The van der Waals surface area contributed by atoms with Gasteiger partial charge in [0.15, 0.2) is 0 Å². The molecule has 20 heavy (non-hydrogen) atoms. The third kappa shape index (κ3) is 4.23. The Morgan fingerprint density at radius 2 is 2.20 bits per heavy atom. The molecule has 1 N–H and O–H groups in total. The van der Waals surface area contributed by atoms with Gasteiger partial charge in [0.1, 0.15) is 5.60 Å². The van der Waals surface area contributed by atoms with Crippen molar-refractivity contribution in [1.82, 2.24) is 14.9 Å². The lowest BCUT2D eigenvalue weighted by atomic mass is 10.1. The molecule has 1 aromatic rings. The van der Waals surface area contributed by atoms with Gasteiger partial charge in [-0.3, -0.25) is 0 Å². The standard InChI is InChI=1S/C14H23N3O3/c1-14(2,3)20-13(18)16-9-12-8-15-10-17(12)11-4-6-19-7-5-11/h8,10-11H,4-7,9H2,1-3H3,(H,16,18). The lowest BCUT2D eigenvalue weighted by Gasteiger charge is -2.25. The van der Waals surface area contributed by atoms with Crippen molar-refractivity contribution < 1.29 is 14.3 Å². The average Bonchev–Trinajstić information content (AvgIpc) is 2.83. The SMILES string of the molecule is CC(C)(C)OC(=O)NCc1cncn1C1CCOCC1. The lowest BCUT2D eigenvalue weighted by Crippen LogP contribution is -2.33. The van der Waals surface area contributed by atoms with Crippen LogP contribution in [0.4, 0.5) is 4.79 Å². The number of carbonyl (C=O) groups is 1. The van der Waals surface area contributed by atoms with E-state index in [1.165, 1.54) is 0 Å². The second-order valence-corrected chi connectivity index (χ2v) is 5.99. The zero-order chi connectivity index (χ0) is 14.6. The quantitative estimate of drug-likeness (QED) is 0.923. The van der Waals surface area contributed by atoms with Crippen LogP contribution in [0, 0.1) is 0 Å². The normalized spacial score (nSPS) is 16.9. The number of imidazole rings is 1. The van der Waals surface area contributed by atoms with Gasteiger partial charge in [-0.05, 0) is 33.6 Å². The minimum absolute atomic E-state index is 0.404. The number of nitrogens with one attached hydrogen (secondary N) is 1. The molecule has 0 atom stereocenters. The van der Waals surface area contributed by atoms with E-state index in [1.54, 1.807) is 6.20 Å². The highest BCUT2D eigenvalue weighted by Crippen LogP contribution is 2.22. The average molecular weight is 281 g/mol. The number of carbonyl (C=O) groups excluding carboxylic acids is 1. The van der Waals surface area contributed by atoms with E-state index in [4.69, 9.17) is 9.47 Å². The van der Waals surface area contributed by atoms with E-state index in [-0.39, 0.29) is 0 Å². The second-order valence-electron chi connectivity index (χ2n) is 5.99. The van der Waals surface area contributed by atoms with E-state index in [1.807, 2.05) is 27.1 Å². The molecule has 1 saturated heterocycles. The van der Waals surface area contributed by atoms with E-state index in [0.29, 0.717) is 12.6 Å². The highest BCUT2D eigenvalue weighted by Gasteiger charge is 2.19. The summed E-state index contributed by atoms with van der Waals surface area (Å²) in [4.78, 5) is 15.8. The number of alkyl carbamates (subject to hydrolysis) is 1. The first-order chi connectivity index (χ1) is 9.46. The van der Waals surface area contributed by atoms with Crippen molar-refractivity contribution in [1.29, 1.82) is 0 Å². The fourth-order valence-corrected chi connectivity index (χ4v) is 2.24. The maximum Gasteiger partial charge on any atom is 0.407 e. The summed E-state index contributed by atoms with van der Waals surface area (Å²) in [6.45, 7) is 7.52. The number of hydrogen-bond acceptors (Lipinski definition) is 4. The van der Waals surface area contributed by atoms with Crippen LogP contribution in [0.15, 0.2) is 12.5 Å². The van der Waals surface area contributed by atoms with Crippen LogP contribution in [0.3, 0.4) is 0 Å². The highest BCUT2D eigenvalue weighted by molar-refractivity contribution is 5.67. The monoisotopic (exact) mass is 281 g/mol.